The van der Waals surface area contributed by atoms with Gasteiger partial charge in [0.1, 0.15) is 5.03 Å². The van der Waals surface area contributed by atoms with E-state index in [-0.39, 0.29) is 0 Å². The first-order valence-electron chi connectivity index (χ1n) is 3.02. The van der Waals surface area contributed by atoms with Gasteiger partial charge in [0.05, 0.1) is 0 Å². The molecule has 0 fully saturated rings. The zero-order chi connectivity index (χ0) is 7.84. The average molecular weight is 167 g/mol. The van der Waals surface area contributed by atoms with E-state index in [1.807, 2.05) is 6.92 Å². The van der Waals surface area contributed by atoms with E-state index in [0.29, 0.717) is 10.8 Å². The molecule has 0 radical (unpaired) electrons. The van der Waals surface area contributed by atoms with Gasteiger partial charge in [-0.1, -0.05) is 5.10 Å². The van der Waals surface area contributed by atoms with Crippen molar-refractivity contribution in [3.8, 4) is 0 Å². The maximum absolute atomic E-state index is 4.17. The van der Waals surface area contributed by atoms with Gasteiger partial charge in [0.15, 0.2) is 0 Å². The Bertz CT molecular complexity index is 395. The van der Waals surface area contributed by atoms with Crippen LogP contribution < -0.4 is 0 Å². The van der Waals surface area contributed by atoms with Gasteiger partial charge >= 0.3 is 0 Å². The third-order valence-electron chi connectivity index (χ3n) is 1.28. The second-order valence-electron chi connectivity index (χ2n) is 2.15. The molecule has 5 nitrogen and oxygen atoms in total. The van der Waals surface area contributed by atoms with Gasteiger partial charge in [-0.2, -0.15) is 4.52 Å². The molecule has 6 heteroatoms. The Kier molecular flexibility index (Phi) is 1.28. The Morgan fingerprint density at radius 1 is 1.55 bits per heavy atom. The number of fused-ring (bicyclic) bond motifs is 1. The smallest absolute Gasteiger partial charge is 0.215 e. The maximum Gasteiger partial charge on any atom is 0.274 e. The van der Waals surface area contributed by atoms with E-state index >= 15 is 0 Å². The van der Waals surface area contributed by atoms with Gasteiger partial charge in [0.25, 0.3) is 5.78 Å². The highest BCUT2D eigenvalue weighted by molar-refractivity contribution is 7.80. The summed E-state index contributed by atoms with van der Waals surface area (Å²) in [5, 5.41) is 11.5. The molecule has 0 aliphatic heterocycles. The topological polar surface area (TPSA) is 56.0 Å². The molecule has 0 saturated heterocycles. The molecule has 2 heterocycles. The van der Waals surface area contributed by atoms with Crippen LogP contribution in [-0.4, -0.2) is 25.0 Å². The number of aryl methyl sites for hydroxylation is 1. The quantitative estimate of drug-likeness (QED) is 0.447. The molecule has 2 aromatic rings. The van der Waals surface area contributed by atoms with Crippen molar-refractivity contribution >= 4 is 18.4 Å². The maximum atomic E-state index is 4.17. The van der Waals surface area contributed by atoms with Crippen LogP contribution in [0.1, 0.15) is 5.69 Å². The molecule has 2 aromatic heterocycles. The van der Waals surface area contributed by atoms with Crippen molar-refractivity contribution in [3.05, 3.63) is 11.8 Å². The van der Waals surface area contributed by atoms with Crippen LogP contribution in [0.3, 0.4) is 0 Å². The molecule has 0 spiro atoms. The number of thiol groups is 1. The van der Waals surface area contributed by atoms with Crippen LogP contribution in [0.25, 0.3) is 5.78 Å². The molecular weight excluding hydrogens is 162 g/mol. The lowest BCUT2D eigenvalue weighted by Gasteiger charge is -1.94. The lowest BCUT2D eigenvalue weighted by atomic mass is 10.5. The Balaban J connectivity index is 2.91. The molecule has 0 unspecified atom stereocenters. The standard InChI is InChI=1S/C5H5N5S/c1-3-2-4(11)10-5(6-3)7-8-9-10/h2,11H,1H3. The van der Waals surface area contributed by atoms with Crippen LogP contribution >= 0.6 is 12.6 Å². The highest BCUT2D eigenvalue weighted by Gasteiger charge is 2.01. The molecule has 56 valence electrons. The highest BCUT2D eigenvalue weighted by atomic mass is 32.1. The molecule has 0 N–H and O–H groups in total. The predicted molar refractivity (Wildman–Crippen MR) is 40.6 cm³/mol. The second kappa shape index (κ2) is 2.16. The summed E-state index contributed by atoms with van der Waals surface area (Å²) in [5.41, 5.74) is 0.859. The molecular formula is C5H5N5S. The summed E-state index contributed by atoms with van der Waals surface area (Å²) in [4.78, 5) is 4.07. The van der Waals surface area contributed by atoms with Crippen LogP contribution in [0.15, 0.2) is 11.1 Å². The highest BCUT2D eigenvalue weighted by Crippen LogP contribution is 2.06. The summed E-state index contributed by atoms with van der Waals surface area (Å²) < 4.78 is 1.47. The third kappa shape index (κ3) is 0.949. The Labute approximate surface area is 67.9 Å². The summed E-state index contributed by atoms with van der Waals surface area (Å²) in [6.45, 7) is 1.87. The van der Waals surface area contributed by atoms with Crippen molar-refractivity contribution in [1.29, 1.82) is 0 Å². The summed E-state index contributed by atoms with van der Waals surface area (Å²) >= 11 is 4.17. The minimum Gasteiger partial charge on any atom is -0.215 e. The van der Waals surface area contributed by atoms with Crippen molar-refractivity contribution in [3.63, 3.8) is 0 Å². The third-order valence-corrected chi connectivity index (χ3v) is 1.60. The minimum atomic E-state index is 0.481. The molecule has 0 bridgehead atoms. The summed E-state index contributed by atoms with van der Waals surface area (Å²) in [7, 11) is 0. The van der Waals surface area contributed by atoms with Crippen molar-refractivity contribution in [2.45, 2.75) is 11.9 Å². The minimum absolute atomic E-state index is 0.481. The Morgan fingerprint density at radius 2 is 2.36 bits per heavy atom. The van der Waals surface area contributed by atoms with Crippen molar-refractivity contribution in [2.24, 2.45) is 0 Å². The normalized spacial score (nSPS) is 10.7. The monoisotopic (exact) mass is 167 g/mol. The summed E-state index contributed by atoms with van der Waals surface area (Å²) in [6.07, 6.45) is 0. The zero-order valence-electron chi connectivity index (χ0n) is 5.76. The number of aromatic nitrogens is 5. The van der Waals surface area contributed by atoms with E-state index in [1.165, 1.54) is 4.52 Å². The van der Waals surface area contributed by atoms with E-state index in [1.54, 1.807) is 6.07 Å². The van der Waals surface area contributed by atoms with Crippen LogP contribution in [0, 0.1) is 6.92 Å². The number of hydrogen-bond donors (Lipinski definition) is 1. The van der Waals surface area contributed by atoms with Gasteiger partial charge in [0.2, 0.25) is 0 Å². The molecule has 0 atom stereocenters. The lowest BCUT2D eigenvalue weighted by Crippen LogP contribution is -1.94. The molecule has 0 aromatic carbocycles. The molecule has 11 heavy (non-hydrogen) atoms. The number of hydrogen-bond acceptors (Lipinski definition) is 5. The van der Waals surface area contributed by atoms with Crippen LogP contribution in [0.4, 0.5) is 0 Å². The SMILES string of the molecule is Cc1cc(S)n2nnnc2n1. The summed E-state index contributed by atoms with van der Waals surface area (Å²) in [5.74, 6) is 0.481. The summed E-state index contributed by atoms with van der Waals surface area (Å²) in [6, 6.07) is 1.80. The van der Waals surface area contributed by atoms with Crippen molar-refractivity contribution in [2.75, 3.05) is 0 Å². The van der Waals surface area contributed by atoms with Crippen LogP contribution in [-0.2, 0) is 0 Å². The Hall–Kier alpha value is -1.17. The van der Waals surface area contributed by atoms with Crippen molar-refractivity contribution < 1.29 is 0 Å². The van der Waals surface area contributed by atoms with E-state index in [9.17, 15) is 0 Å². The van der Waals surface area contributed by atoms with E-state index in [0.717, 1.165) is 5.69 Å². The number of rotatable bonds is 0. The van der Waals surface area contributed by atoms with E-state index < -0.39 is 0 Å². The number of tetrazole rings is 1. The predicted octanol–water partition coefficient (Wildman–Crippen LogP) is 0.116. The van der Waals surface area contributed by atoms with Gasteiger partial charge in [-0.15, -0.1) is 12.6 Å². The fourth-order valence-corrected chi connectivity index (χ4v) is 1.15. The first-order chi connectivity index (χ1) is 5.27. The fourth-order valence-electron chi connectivity index (χ4n) is 0.838. The van der Waals surface area contributed by atoms with Gasteiger partial charge in [0, 0.05) is 5.69 Å². The van der Waals surface area contributed by atoms with E-state index in [2.05, 4.69) is 33.1 Å². The fraction of sp³-hybridized carbons (Fsp3) is 0.200. The van der Waals surface area contributed by atoms with Gasteiger partial charge in [-0.3, -0.25) is 0 Å². The average Bonchev–Trinajstić information content (AvgIpc) is 2.34. The molecule has 0 aliphatic carbocycles. The van der Waals surface area contributed by atoms with Gasteiger partial charge < -0.3 is 0 Å². The van der Waals surface area contributed by atoms with Gasteiger partial charge in [-0.05, 0) is 23.4 Å². The molecule has 2 rings (SSSR count). The first kappa shape index (κ1) is 6.53. The zero-order valence-corrected chi connectivity index (χ0v) is 6.66. The van der Waals surface area contributed by atoms with Crippen LogP contribution in [0.5, 0.6) is 0 Å². The molecule has 0 aliphatic rings. The van der Waals surface area contributed by atoms with Gasteiger partial charge in [-0.25, -0.2) is 4.98 Å². The van der Waals surface area contributed by atoms with Crippen LogP contribution in [0.2, 0.25) is 0 Å². The molecule has 0 amide bonds. The Morgan fingerprint density at radius 3 is 3.18 bits per heavy atom. The molecule has 0 saturated carbocycles. The number of nitrogens with zero attached hydrogens (tertiary/aromatic N) is 5. The first-order valence-corrected chi connectivity index (χ1v) is 3.47. The van der Waals surface area contributed by atoms with Crippen molar-refractivity contribution in [1.82, 2.24) is 25.0 Å². The largest absolute Gasteiger partial charge is 0.274 e. The lowest BCUT2D eigenvalue weighted by molar-refractivity contribution is 0.766. The van der Waals surface area contributed by atoms with E-state index in [4.69, 9.17) is 0 Å². The second-order valence-corrected chi connectivity index (χ2v) is 2.60.